The van der Waals surface area contributed by atoms with Gasteiger partial charge >= 0.3 is 20.1 Å². The van der Waals surface area contributed by atoms with E-state index in [1.54, 1.807) is 27.7 Å². The molecule has 0 aromatic heterocycles. The topological polar surface area (TPSA) is 69.7 Å². The first-order valence-corrected chi connectivity index (χ1v) is 9.42. The van der Waals surface area contributed by atoms with Gasteiger partial charge in [-0.15, -0.1) is 9.05 Å². The molecular weight excluding hydrogens is 379 g/mol. The molecule has 152 valence electrons. The average molecular weight is 405 g/mol. The highest BCUT2D eigenvalue weighted by Crippen LogP contribution is 2.30. The summed E-state index contributed by atoms with van der Waals surface area (Å²) in [6.45, 7) is 4.48. The molecule has 0 fully saturated rings. The second kappa shape index (κ2) is 11.0. The van der Waals surface area contributed by atoms with Gasteiger partial charge < -0.3 is 0 Å². The van der Waals surface area contributed by atoms with Crippen LogP contribution in [0.2, 0.25) is 0 Å². The number of hydrogen-bond acceptors (Lipinski definition) is 5. The van der Waals surface area contributed by atoms with E-state index in [0.717, 1.165) is 0 Å². The number of carbonyl (C=O) groups excluding carboxylic acids is 2. The largest absolute Gasteiger partial charge is 0.698 e. The smallest absolute Gasteiger partial charge is 0.290 e. The van der Waals surface area contributed by atoms with Gasteiger partial charge in [-0.2, -0.15) is 17.6 Å². The Bertz CT molecular complexity index is 453. The first-order valence-electron chi connectivity index (χ1n) is 8.33. The van der Waals surface area contributed by atoms with Gasteiger partial charge in [0.2, 0.25) is 11.6 Å². The quantitative estimate of drug-likeness (QED) is 0.302. The molecule has 5 nitrogen and oxygen atoms in total. The van der Waals surface area contributed by atoms with E-state index in [2.05, 4.69) is 9.05 Å². The summed E-state index contributed by atoms with van der Waals surface area (Å²) in [5.41, 5.74) is 0. The minimum absolute atomic E-state index is 0.0297. The fourth-order valence-electron chi connectivity index (χ4n) is 1.69. The Morgan fingerprint density at radius 3 is 1.38 bits per heavy atom. The number of rotatable bonds is 14. The molecule has 10 heteroatoms. The number of hydrogen-bond donors (Lipinski definition) is 0. The molecule has 0 aliphatic carbocycles. The van der Waals surface area contributed by atoms with Crippen molar-refractivity contribution in [1.29, 1.82) is 0 Å². The molecule has 0 heterocycles. The molecule has 0 radical (unpaired) electrons. The van der Waals surface area contributed by atoms with Crippen LogP contribution >= 0.6 is 8.25 Å². The Morgan fingerprint density at radius 1 is 0.808 bits per heavy atom. The number of Topliss-reactive ketones (excluding diaryl/α,β-unsaturated/α-hetero) is 2. The highest BCUT2D eigenvalue weighted by atomic mass is 31.1. The van der Waals surface area contributed by atoms with Gasteiger partial charge in [0, 0.05) is 17.4 Å². The summed E-state index contributed by atoms with van der Waals surface area (Å²) in [6, 6.07) is 0. The highest BCUT2D eigenvalue weighted by Gasteiger charge is 2.42. The van der Waals surface area contributed by atoms with Crippen molar-refractivity contribution in [3.63, 3.8) is 0 Å². The van der Waals surface area contributed by atoms with Gasteiger partial charge in [0.1, 0.15) is 0 Å². The van der Waals surface area contributed by atoms with E-state index in [-0.39, 0.29) is 24.7 Å². The fourth-order valence-corrected chi connectivity index (χ4v) is 2.21. The SMILES string of the molecule is CC(C)CCC(F)(F)C(=O)CO[P+](=O)OCC(=O)C(F)(F)CCC(C)C. The van der Waals surface area contributed by atoms with E-state index in [0.29, 0.717) is 0 Å². The van der Waals surface area contributed by atoms with E-state index in [4.69, 9.17) is 0 Å². The van der Waals surface area contributed by atoms with E-state index in [1.165, 1.54) is 0 Å². The van der Waals surface area contributed by atoms with Crippen LogP contribution < -0.4 is 0 Å². The lowest BCUT2D eigenvalue weighted by Gasteiger charge is -2.15. The zero-order valence-corrected chi connectivity index (χ0v) is 16.3. The zero-order chi connectivity index (χ0) is 20.5. The van der Waals surface area contributed by atoms with Crippen LogP contribution in [0.4, 0.5) is 17.6 Å². The molecule has 0 saturated carbocycles. The molecule has 0 bridgehead atoms. The van der Waals surface area contributed by atoms with Crippen LogP contribution in [-0.2, 0) is 23.2 Å². The Morgan fingerprint density at radius 2 is 1.12 bits per heavy atom. The molecule has 0 unspecified atom stereocenters. The number of halogens is 4. The maximum atomic E-state index is 13.5. The van der Waals surface area contributed by atoms with Crippen molar-refractivity contribution in [2.24, 2.45) is 11.8 Å². The number of alkyl halides is 4. The maximum Gasteiger partial charge on any atom is 0.698 e. The minimum atomic E-state index is -3.64. The van der Waals surface area contributed by atoms with Crippen molar-refractivity contribution in [2.75, 3.05) is 13.2 Å². The first-order chi connectivity index (χ1) is 11.8. The van der Waals surface area contributed by atoms with Crippen LogP contribution in [0.5, 0.6) is 0 Å². The predicted octanol–water partition coefficient (Wildman–Crippen LogP) is 4.96. The average Bonchev–Trinajstić information content (AvgIpc) is 2.53. The van der Waals surface area contributed by atoms with Gasteiger partial charge in [-0.1, -0.05) is 27.7 Å². The third-order valence-corrected chi connectivity index (χ3v) is 4.17. The highest BCUT2D eigenvalue weighted by molar-refractivity contribution is 7.33. The lowest BCUT2D eigenvalue weighted by atomic mass is 10.0. The van der Waals surface area contributed by atoms with Crippen LogP contribution in [0.1, 0.15) is 53.4 Å². The predicted molar refractivity (Wildman–Crippen MR) is 87.6 cm³/mol. The standard InChI is InChI=1S/C16H26F4O5P/c1-11(2)5-7-15(17,18)13(21)9-24-26(23)25-10-14(22)16(19,20)8-6-12(3)4/h11-12H,5-10H2,1-4H3/q+1. The molecule has 0 aliphatic heterocycles. The molecule has 0 atom stereocenters. The van der Waals surface area contributed by atoms with Gasteiger partial charge in [-0.05, 0) is 24.7 Å². The van der Waals surface area contributed by atoms with Crippen LogP contribution in [0, 0.1) is 11.8 Å². The van der Waals surface area contributed by atoms with Gasteiger partial charge in [0.05, 0.1) is 0 Å². The second-order valence-electron chi connectivity index (χ2n) is 6.89. The van der Waals surface area contributed by atoms with Crippen LogP contribution in [-0.4, -0.2) is 36.6 Å². The monoisotopic (exact) mass is 405 g/mol. The van der Waals surface area contributed by atoms with Crippen LogP contribution in [0.3, 0.4) is 0 Å². The number of carbonyl (C=O) groups is 2. The lowest BCUT2D eigenvalue weighted by molar-refractivity contribution is -0.147. The van der Waals surface area contributed by atoms with Crippen molar-refractivity contribution in [3.05, 3.63) is 0 Å². The normalized spacial score (nSPS) is 12.7. The summed E-state index contributed by atoms with van der Waals surface area (Å²) in [7, 11) is -3.14. The van der Waals surface area contributed by atoms with E-state index >= 15 is 0 Å². The van der Waals surface area contributed by atoms with Crippen LogP contribution in [0.25, 0.3) is 0 Å². The Balaban J connectivity index is 4.30. The van der Waals surface area contributed by atoms with E-state index in [1.807, 2.05) is 0 Å². The Kier molecular flexibility index (Phi) is 10.7. The molecule has 0 aliphatic rings. The third-order valence-electron chi connectivity index (χ3n) is 3.49. The molecule has 26 heavy (non-hydrogen) atoms. The maximum absolute atomic E-state index is 13.5. The van der Waals surface area contributed by atoms with Crippen molar-refractivity contribution < 1.29 is 40.8 Å². The van der Waals surface area contributed by atoms with Crippen molar-refractivity contribution in [1.82, 2.24) is 0 Å². The molecule has 0 aromatic rings. The molecular formula is C16H26F4O5P+. The molecule has 0 spiro atoms. The molecule has 0 N–H and O–H groups in total. The third kappa shape index (κ3) is 10.3. The van der Waals surface area contributed by atoms with Crippen molar-refractivity contribution in [2.45, 2.75) is 65.2 Å². The number of ketones is 2. The summed E-state index contributed by atoms with van der Waals surface area (Å²) >= 11 is 0. The molecule has 0 aromatic carbocycles. The summed E-state index contributed by atoms with van der Waals surface area (Å²) in [4.78, 5) is 22.8. The van der Waals surface area contributed by atoms with Gasteiger partial charge in [0.25, 0.3) is 0 Å². The van der Waals surface area contributed by atoms with Crippen LogP contribution in [0.15, 0.2) is 0 Å². The molecule has 0 amide bonds. The van der Waals surface area contributed by atoms with E-state index < -0.39 is 57.7 Å². The van der Waals surface area contributed by atoms with Gasteiger partial charge in [-0.3, -0.25) is 9.59 Å². The van der Waals surface area contributed by atoms with Gasteiger partial charge in [-0.25, -0.2) is 0 Å². The summed E-state index contributed by atoms with van der Waals surface area (Å²) in [5.74, 6) is -10.5. The van der Waals surface area contributed by atoms with Crippen molar-refractivity contribution in [3.8, 4) is 0 Å². The minimum Gasteiger partial charge on any atom is -0.290 e. The van der Waals surface area contributed by atoms with Gasteiger partial charge in [0.15, 0.2) is 13.2 Å². The lowest BCUT2D eigenvalue weighted by Crippen LogP contribution is -2.32. The first kappa shape index (κ1) is 25.1. The van der Waals surface area contributed by atoms with E-state index in [9.17, 15) is 31.7 Å². The molecule has 0 rings (SSSR count). The Hall–Kier alpha value is -0.920. The van der Waals surface area contributed by atoms with Crippen molar-refractivity contribution >= 4 is 19.8 Å². The Labute approximate surface area is 151 Å². The summed E-state index contributed by atoms with van der Waals surface area (Å²) in [6.07, 6.45) is -1.13. The zero-order valence-electron chi connectivity index (χ0n) is 15.4. The second-order valence-corrected chi connectivity index (χ2v) is 7.85. The molecule has 0 saturated heterocycles. The summed E-state index contributed by atoms with van der Waals surface area (Å²) in [5, 5.41) is 0. The fraction of sp³-hybridized carbons (Fsp3) is 0.875. The summed E-state index contributed by atoms with van der Waals surface area (Å²) < 4.78 is 74.1.